The van der Waals surface area contributed by atoms with E-state index in [2.05, 4.69) is 18.2 Å². The average Bonchev–Trinajstić information content (AvgIpc) is 2.31. The maximum Gasteiger partial charge on any atom is 0.129 e. The molecule has 0 saturated carbocycles. The summed E-state index contributed by atoms with van der Waals surface area (Å²) in [5.41, 5.74) is 0.526. The topological polar surface area (TPSA) is 12.0 Å². The van der Waals surface area contributed by atoms with Crippen molar-refractivity contribution in [1.82, 2.24) is 5.32 Å². The molecule has 0 spiro atoms. The standard InChI is InChI=1S/C14H17ClFN/c1-3-5-9-13(17-10-4-2)14-11(15)7-6-8-12(14)16/h1,6-8,13,17H,4-5,9-10H2,2H3. The van der Waals surface area contributed by atoms with Crippen molar-refractivity contribution in [3.63, 3.8) is 0 Å². The second-order valence-corrected chi connectivity index (χ2v) is 4.29. The van der Waals surface area contributed by atoms with E-state index in [1.54, 1.807) is 12.1 Å². The van der Waals surface area contributed by atoms with Crippen LogP contribution in [0.5, 0.6) is 0 Å². The molecule has 1 aromatic carbocycles. The van der Waals surface area contributed by atoms with Gasteiger partial charge in [-0.25, -0.2) is 4.39 Å². The molecule has 1 aromatic rings. The molecule has 0 radical (unpaired) electrons. The zero-order valence-corrected chi connectivity index (χ0v) is 10.7. The van der Waals surface area contributed by atoms with E-state index in [-0.39, 0.29) is 11.9 Å². The first-order chi connectivity index (χ1) is 8.20. The molecule has 1 N–H and O–H groups in total. The summed E-state index contributed by atoms with van der Waals surface area (Å²) in [5.74, 6) is 2.30. The average molecular weight is 254 g/mol. The summed E-state index contributed by atoms with van der Waals surface area (Å²) in [5, 5.41) is 3.74. The van der Waals surface area contributed by atoms with Crippen LogP contribution >= 0.6 is 11.6 Å². The fourth-order valence-electron chi connectivity index (χ4n) is 1.74. The van der Waals surface area contributed by atoms with Crippen molar-refractivity contribution in [3.05, 3.63) is 34.6 Å². The highest BCUT2D eigenvalue weighted by molar-refractivity contribution is 6.31. The molecule has 0 heterocycles. The number of terminal acetylenes is 1. The molecule has 0 bridgehead atoms. The summed E-state index contributed by atoms with van der Waals surface area (Å²) < 4.78 is 13.8. The molecular weight excluding hydrogens is 237 g/mol. The Morgan fingerprint density at radius 2 is 2.29 bits per heavy atom. The van der Waals surface area contributed by atoms with E-state index in [1.807, 2.05) is 0 Å². The third-order valence-electron chi connectivity index (χ3n) is 2.57. The van der Waals surface area contributed by atoms with Gasteiger partial charge in [0, 0.05) is 23.0 Å². The number of hydrogen-bond acceptors (Lipinski definition) is 1. The number of halogens is 2. The maximum atomic E-state index is 13.8. The molecule has 0 amide bonds. The van der Waals surface area contributed by atoms with Crippen molar-refractivity contribution < 1.29 is 4.39 Å². The second-order valence-electron chi connectivity index (χ2n) is 3.88. The number of nitrogens with one attached hydrogen (secondary N) is 1. The molecule has 1 nitrogen and oxygen atoms in total. The van der Waals surface area contributed by atoms with E-state index in [1.165, 1.54) is 6.07 Å². The van der Waals surface area contributed by atoms with Gasteiger partial charge in [0.25, 0.3) is 0 Å². The highest BCUT2D eigenvalue weighted by Gasteiger charge is 2.17. The predicted molar refractivity (Wildman–Crippen MR) is 70.5 cm³/mol. The van der Waals surface area contributed by atoms with Crippen molar-refractivity contribution in [2.45, 2.75) is 32.2 Å². The zero-order valence-electron chi connectivity index (χ0n) is 9.97. The van der Waals surface area contributed by atoms with Crippen LogP contribution in [0, 0.1) is 18.2 Å². The molecule has 1 rings (SSSR count). The fraction of sp³-hybridized carbons (Fsp3) is 0.429. The minimum absolute atomic E-state index is 0.111. The monoisotopic (exact) mass is 253 g/mol. The molecule has 0 saturated heterocycles. The third-order valence-corrected chi connectivity index (χ3v) is 2.90. The Labute approximate surface area is 107 Å². The van der Waals surface area contributed by atoms with Crippen LogP contribution in [0.2, 0.25) is 5.02 Å². The molecular formula is C14H17ClFN. The van der Waals surface area contributed by atoms with Crippen molar-refractivity contribution in [1.29, 1.82) is 0 Å². The SMILES string of the molecule is C#CCCC(NCCC)c1c(F)cccc1Cl. The summed E-state index contributed by atoms with van der Waals surface area (Å²) in [7, 11) is 0. The van der Waals surface area contributed by atoms with Crippen LogP contribution in [0.25, 0.3) is 0 Å². The van der Waals surface area contributed by atoms with Gasteiger partial charge in [-0.1, -0.05) is 24.6 Å². The van der Waals surface area contributed by atoms with Gasteiger partial charge in [0.2, 0.25) is 0 Å². The number of benzene rings is 1. The zero-order chi connectivity index (χ0) is 12.7. The van der Waals surface area contributed by atoms with E-state index >= 15 is 0 Å². The lowest BCUT2D eigenvalue weighted by molar-refractivity contribution is 0.479. The van der Waals surface area contributed by atoms with Gasteiger partial charge in [0.15, 0.2) is 0 Å². The van der Waals surface area contributed by atoms with Crippen molar-refractivity contribution in [2.24, 2.45) is 0 Å². The Hall–Kier alpha value is -1.04. The largest absolute Gasteiger partial charge is 0.310 e. The molecule has 0 aliphatic rings. The molecule has 0 aromatic heterocycles. The normalized spacial score (nSPS) is 12.1. The molecule has 1 atom stereocenters. The second kappa shape index (κ2) is 7.32. The fourth-order valence-corrected chi connectivity index (χ4v) is 2.03. The van der Waals surface area contributed by atoms with Crippen LogP contribution in [-0.2, 0) is 0 Å². The summed E-state index contributed by atoms with van der Waals surface area (Å²) >= 11 is 6.05. The van der Waals surface area contributed by atoms with Crippen molar-refractivity contribution in [3.8, 4) is 12.3 Å². The van der Waals surface area contributed by atoms with Crippen LogP contribution in [-0.4, -0.2) is 6.54 Å². The lowest BCUT2D eigenvalue weighted by Crippen LogP contribution is -2.23. The highest BCUT2D eigenvalue weighted by atomic mass is 35.5. The lowest BCUT2D eigenvalue weighted by Gasteiger charge is -2.19. The number of hydrogen-bond donors (Lipinski definition) is 1. The highest BCUT2D eigenvalue weighted by Crippen LogP contribution is 2.28. The summed E-state index contributed by atoms with van der Waals surface area (Å²) in [6.07, 6.45) is 7.53. The number of rotatable bonds is 6. The van der Waals surface area contributed by atoms with Crippen LogP contribution in [0.1, 0.15) is 37.8 Å². The Balaban J connectivity index is 2.91. The van der Waals surface area contributed by atoms with Crippen LogP contribution in [0.4, 0.5) is 4.39 Å². The van der Waals surface area contributed by atoms with Gasteiger partial charge in [0.05, 0.1) is 0 Å². The van der Waals surface area contributed by atoms with Crippen LogP contribution in [0.3, 0.4) is 0 Å². The van der Waals surface area contributed by atoms with Crippen molar-refractivity contribution in [2.75, 3.05) is 6.54 Å². The minimum Gasteiger partial charge on any atom is -0.310 e. The van der Waals surface area contributed by atoms with Gasteiger partial charge in [0.1, 0.15) is 5.82 Å². The van der Waals surface area contributed by atoms with Gasteiger partial charge >= 0.3 is 0 Å². The first-order valence-electron chi connectivity index (χ1n) is 5.81. The maximum absolute atomic E-state index is 13.8. The molecule has 3 heteroatoms. The van der Waals surface area contributed by atoms with Gasteiger partial charge in [-0.2, -0.15) is 0 Å². The molecule has 0 aliphatic heterocycles. The summed E-state index contributed by atoms with van der Waals surface area (Å²) in [4.78, 5) is 0. The van der Waals surface area contributed by atoms with Gasteiger partial charge in [-0.05, 0) is 31.5 Å². The predicted octanol–water partition coefficient (Wildman–Crippen LogP) is 3.93. The molecule has 92 valence electrons. The molecule has 0 aliphatic carbocycles. The van der Waals surface area contributed by atoms with E-state index in [0.717, 1.165) is 13.0 Å². The first-order valence-corrected chi connectivity index (χ1v) is 6.19. The minimum atomic E-state index is -0.275. The van der Waals surface area contributed by atoms with E-state index in [4.69, 9.17) is 18.0 Å². The Morgan fingerprint density at radius 1 is 1.53 bits per heavy atom. The van der Waals surface area contributed by atoms with Gasteiger partial charge in [-0.3, -0.25) is 0 Å². The first kappa shape index (κ1) is 14.0. The Kier molecular flexibility index (Phi) is 6.04. The smallest absolute Gasteiger partial charge is 0.129 e. The third kappa shape index (κ3) is 4.03. The Bertz CT molecular complexity index is 377. The molecule has 1 unspecified atom stereocenters. The molecule has 0 fully saturated rings. The van der Waals surface area contributed by atoms with Crippen molar-refractivity contribution >= 4 is 11.6 Å². The van der Waals surface area contributed by atoms with Gasteiger partial charge in [-0.15, -0.1) is 12.3 Å². The Morgan fingerprint density at radius 3 is 2.88 bits per heavy atom. The summed E-state index contributed by atoms with van der Waals surface area (Å²) in [6.45, 7) is 2.88. The quantitative estimate of drug-likeness (QED) is 0.758. The summed E-state index contributed by atoms with van der Waals surface area (Å²) in [6, 6.07) is 4.63. The van der Waals surface area contributed by atoms with E-state index in [0.29, 0.717) is 23.4 Å². The van der Waals surface area contributed by atoms with E-state index in [9.17, 15) is 4.39 Å². The lowest BCUT2D eigenvalue weighted by atomic mass is 10.0. The van der Waals surface area contributed by atoms with Crippen LogP contribution < -0.4 is 5.32 Å². The molecule has 17 heavy (non-hydrogen) atoms. The van der Waals surface area contributed by atoms with Gasteiger partial charge < -0.3 is 5.32 Å². The van der Waals surface area contributed by atoms with E-state index < -0.39 is 0 Å². The van der Waals surface area contributed by atoms with Crippen LogP contribution in [0.15, 0.2) is 18.2 Å².